The molecule has 0 saturated carbocycles. The van der Waals surface area contributed by atoms with E-state index in [1.54, 1.807) is 73.7 Å². The predicted octanol–water partition coefficient (Wildman–Crippen LogP) is 4.65. The van der Waals surface area contributed by atoms with Crippen LogP contribution in [0.4, 0.5) is 5.69 Å². The van der Waals surface area contributed by atoms with Gasteiger partial charge in [0, 0.05) is 10.6 Å². The van der Waals surface area contributed by atoms with Crippen molar-refractivity contribution in [2.75, 3.05) is 4.90 Å². The molecule has 0 spiro atoms. The number of nitrogens with zero attached hydrogens (tertiary/aromatic N) is 1. The Balaban J connectivity index is 1.39. The van der Waals surface area contributed by atoms with Gasteiger partial charge in [0.15, 0.2) is 6.10 Å². The first kappa shape index (κ1) is 20.6. The van der Waals surface area contributed by atoms with Crippen LogP contribution in [0.2, 0.25) is 5.02 Å². The summed E-state index contributed by atoms with van der Waals surface area (Å²) in [5.74, 6) is -0.872. The standard InChI is InChI=1S/C24H18ClNO5/c1-15(24(29)30-14-16-6-2-5-9-21(16)25)31-18-12-10-17(11-13-18)26-22(27)19-7-3-4-8-20(19)23(26)28/h2-13,15H,14H2,1H3. The maximum Gasteiger partial charge on any atom is 0.347 e. The number of esters is 1. The molecule has 1 aliphatic heterocycles. The van der Waals surface area contributed by atoms with Crippen LogP contribution in [-0.2, 0) is 16.1 Å². The number of fused-ring (bicyclic) bond motifs is 1. The van der Waals surface area contributed by atoms with Crippen molar-refractivity contribution < 1.29 is 23.9 Å². The molecule has 1 atom stereocenters. The summed E-state index contributed by atoms with van der Waals surface area (Å²) in [6.07, 6.45) is -0.854. The van der Waals surface area contributed by atoms with E-state index in [4.69, 9.17) is 21.1 Å². The first-order chi connectivity index (χ1) is 15.0. The fourth-order valence-corrected chi connectivity index (χ4v) is 3.42. The SMILES string of the molecule is CC(Oc1ccc(N2C(=O)c3ccccc3C2=O)cc1)C(=O)OCc1ccccc1Cl. The molecule has 2 amide bonds. The van der Waals surface area contributed by atoms with E-state index in [2.05, 4.69) is 0 Å². The van der Waals surface area contributed by atoms with Crippen LogP contribution in [0.25, 0.3) is 0 Å². The number of carbonyl (C=O) groups excluding carboxylic acids is 3. The van der Waals surface area contributed by atoms with E-state index < -0.39 is 12.1 Å². The van der Waals surface area contributed by atoms with Crippen LogP contribution in [0.5, 0.6) is 5.75 Å². The lowest BCUT2D eigenvalue weighted by molar-refractivity contribution is -0.152. The van der Waals surface area contributed by atoms with E-state index in [-0.39, 0.29) is 18.4 Å². The van der Waals surface area contributed by atoms with Gasteiger partial charge < -0.3 is 9.47 Å². The van der Waals surface area contributed by atoms with Gasteiger partial charge in [0.1, 0.15) is 12.4 Å². The number of hydrogen-bond acceptors (Lipinski definition) is 5. The maximum atomic E-state index is 12.6. The first-order valence-electron chi connectivity index (χ1n) is 9.60. The minimum absolute atomic E-state index is 0.0465. The normalized spacial score (nSPS) is 13.7. The summed E-state index contributed by atoms with van der Waals surface area (Å²) >= 11 is 6.06. The van der Waals surface area contributed by atoms with E-state index in [1.165, 1.54) is 0 Å². The highest BCUT2D eigenvalue weighted by Gasteiger charge is 2.36. The lowest BCUT2D eigenvalue weighted by atomic mass is 10.1. The highest BCUT2D eigenvalue weighted by molar-refractivity contribution is 6.34. The van der Waals surface area contributed by atoms with Crippen molar-refractivity contribution in [3.63, 3.8) is 0 Å². The van der Waals surface area contributed by atoms with Crippen LogP contribution in [0.15, 0.2) is 72.8 Å². The first-order valence-corrected chi connectivity index (χ1v) is 9.98. The van der Waals surface area contributed by atoms with Crippen LogP contribution in [0.1, 0.15) is 33.2 Å². The van der Waals surface area contributed by atoms with Gasteiger partial charge in [-0.1, -0.05) is 41.9 Å². The zero-order valence-electron chi connectivity index (χ0n) is 16.6. The summed E-state index contributed by atoms with van der Waals surface area (Å²) in [7, 11) is 0. The molecule has 0 aromatic heterocycles. The Hall–Kier alpha value is -3.64. The second-order valence-corrected chi connectivity index (χ2v) is 7.35. The molecule has 0 saturated heterocycles. The number of carbonyl (C=O) groups is 3. The van der Waals surface area contributed by atoms with Crippen LogP contribution in [-0.4, -0.2) is 23.9 Å². The second kappa shape index (κ2) is 8.62. The number of rotatable bonds is 6. The lowest BCUT2D eigenvalue weighted by Gasteiger charge is -2.17. The molecule has 1 aliphatic rings. The van der Waals surface area contributed by atoms with Crippen molar-refractivity contribution >= 4 is 35.1 Å². The molecule has 0 fully saturated rings. The predicted molar refractivity (Wildman–Crippen MR) is 115 cm³/mol. The number of hydrogen-bond donors (Lipinski definition) is 0. The highest BCUT2D eigenvalue weighted by atomic mass is 35.5. The van der Waals surface area contributed by atoms with E-state index in [1.807, 2.05) is 6.07 Å². The Morgan fingerprint density at radius 3 is 2.10 bits per heavy atom. The molecule has 0 bridgehead atoms. The van der Waals surface area contributed by atoms with Gasteiger partial charge in [0.05, 0.1) is 16.8 Å². The third-order valence-electron chi connectivity index (χ3n) is 4.86. The average Bonchev–Trinajstić information content (AvgIpc) is 3.04. The van der Waals surface area contributed by atoms with Crippen LogP contribution < -0.4 is 9.64 Å². The van der Waals surface area contributed by atoms with Crippen molar-refractivity contribution in [2.24, 2.45) is 0 Å². The molecule has 6 nitrogen and oxygen atoms in total. The van der Waals surface area contributed by atoms with Gasteiger partial charge in [0.25, 0.3) is 11.8 Å². The van der Waals surface area contributed by atoms with Crippen molar-refractivity contribution in [1.82, 2.24) is 0 Å². The third-order valence-corrected chi connectivity index (χ3v) is 5.23. The summed E-state index contributed by atoms with van der Waals surface area (Å²) in [6, 6.07) is 20.2. The van der Waals surface area contributed by atoms with Crippen molar-refractivity contribution in [3.05, 3.63) is 94.5 Å². The van der Waals surface area contributed by atoms with Crippen LogP contribution in [0.3, 0.4) is 0 Å². The molecule has 156 valence electrons. The van der Waals surface area contributed by atoms with Crippen molar-refractivity contribution in [2.45, 2.75) is 19.6 Å². The van der Waals surface area contributed by atoms with E-state index in [0.717, 1.165) is 4.90 Å². The molecule has 7 heteroatoms. The molecular formula is C24H18ClNO5. The number of ether oxygens (including phenoxy) is 2. The monoisotopic (exact) mass is 435 g/mol. The Morgan fingerprint density at radius 1 is 0.903 bits per heavy atom. The van der Waals surface area contributed by atoms with E-state index >= 15 is 0 Å². The Bertz CT molecular complexity index is 1120. The summed E-state index contributed by atoms with van der Waals surface area (Å²) in [4.78, 5) is 38.5. The molecular weight excluding hydrogens is 418 g/mol. The minimum atomic E-state index is -0.854. The van der Waals surface area contributed by atoms with E-state index in [0.29, 0.717) is 33.1 Å². The molecule has 4 rings (SSSR count). The Kier molecular flexibility index (Phi) is 5.73. The van der Waals surface area contributed by atoms with Crippen LogP contribution in [0, 0.1) is 0 Å². The zero-order chi connectivity index (χ0) is 22.0. The van der Waals surface area contributed by atoms with Gasteiger partial charge in [-0.3, -0.25) is 9.59 Å². The van der Waals surface area contributed by atoms with Gasteiger partial charge in [0.2, 0.25) is 0 Å². The fraction of sp³-hybridized carbons (Fsp3) is 0.125. The highest BCUT2D eigenvalue weighted by Crippen LogP contribution is 2.29. The quantitative estimate of drug-likeness (QED) is 0.416. The number of halogens is 1. The van der Waals surface area contributed by atoms with Gasteiger partial charge in [-0.2, -0.15) is 0 Å². The molecule has 0 N–H and O–H groups in total. The van der Waals surface area contributed by atoms with Crippen molar-refractivity contribution in [3.8, 4) is 5.75 Å². The largest absolute Gasteiger partial charge is 0.479 e. The van der Waals surface area contributed by atoms with Crippen molar-refractivity contribution in [1.29, 1.82) is 0 Å². The molecule has 31 heavy (non-hydrogen) atoms. The molecule has 1 heterocycles. The third kappa shape index (κ3) is 4.15. The number of imide groups is 1. The van der Waals surface area contributed by atoms with Gasteiger partial charge in [-0.05, 0) is 49.4 Å². The topological polar surface area (TPSA) is 72.9 Å². The summed E-state index contributed by atoms with van der Waals surface area (Å²) in [6.45, 7) is 1.62. The molecule has 0 radical (unpaired) electrons. The van der Waals surface area contributed by atoms with Gasteiger partial charge in [-0.25, -0.2) is 9.69 Å². The lowest BCUT2D eigenvalue weighted by Crippen LogP contribution is -2.29. The Labute approximate surface area is 184 Å². The molecule has 3 aromatic rings. The fourth-order valence-electron chi connectivity index (χ4n) is 3.23. The second-order valence-electron chi connectivity index (χ2n) is 6.94. The van der Waals surface area contributed by atoms with Gasteiger partial charge >= 0.3 is 5.97 Å². The Morgan fingerprint density at radius 2 is 1.48 bits per heavy atom. The summed E-state index contributed by atoms with van der Waals surface area (Å²) < 4.78 is 10.9. The minimum Gasteiger partial charge on any atom is -0.479 e. The van der Waals surface area contributed by atoms with E-state index in [9.17, 15) is 14.4 Å². The summed E-state index contributed by atoms with van der Waals surface area (Å²) in [5, 5.41) is 0.521. The average molecular weight is 436 g/mol. The van der Waals surface area contributed by atoms with Gasteiger partial charge in [-0.15, -0.1) is 0 Å². The number of benzene rings is 3. The number of amides is 2. The molecule has 0 aliphatic carbocycles. The molecule has 1 unspecified atom stereocenters. The zero-order valence-corrected chi connectivity index (χ0v) is 17.3. The smallest absolute Gasteiger partial charge is 0.347 e. The maximum absolute atomic E-state index is 12.6. The summed E-state index contributed by atoms with van der Waals surface area (Å²) in [5.41, 5.74) is 1.88. The molecule has 3 aromatic carbocycles. The van der Waals surface area contributed by atoms with Crippen LogP contribution >= 0.6 is 11.6 Å². The number of anilines is 1.